The molecule has 0 bridgehead atoms. The highest BCUT2D eigenvalue weighted by Gasteiger charge is 2.15. The zero-order chi connectivity index (χ0) is 10.4. The Labute approximate surface area is 75.2 Å². The number of carboxylic acids is 1. The molecule has 0 aliphatic heterocycles. The Morgan fingerprint density at radius 3 is 2.31 bits per heavy atom. The quantitative estimate of drug-likeness (QED) is 0.303. The Kier molecular flexibility index (Phi) is 4.24. The maximum Gasteiger partial charge on any atom is 0.349 e. The van der Waals surface area contributed by atoms with Crippen LogP contribution in [0.3, 0.4) is 0 Å². The van der Waals surface area contributed by atoms with E-state index in [0.29, 0.717) is 0 Å². The van der Waals surface area contributed by atoms with Crippen molar-refractivity contribution in [3.05, 3.63) is 11.3 Å². The van der Waals surface area contributed by atoms with Gasteiger partial charge >= 0.3 is 11.9 Å². The van der Waals surface area contributed by atoms with E-state index in [9.17, 15) is 9.59 Å². The normalized spacial score (nSPS) is 11.2. The number of carboxylic acid groups (broad SMARTS) is 1. The molecule has 0 atom stereocenters. The summed E-state index contributed by atoms with van der Waals surface area (Å²) in [5, 5.41) is 16.9. The van der Waals surface area contributed by atoms with Gasteiger partial charge in [-0.3, -0.25) is 4.79 Å². The molecule has 0 amide bonds. The van der Waals surface area contributed by atoms with Crippen LogP contribution in [0.4, 0.5) is 0 Å². The molecule has 0 aromatic rings. The molecule has 1 N–H and O–H groups in total. The molecule has 0 aliphatic rings. The first-order chi connectivity index (χ1) is 6.02. The molecule has 0 saturated heterocycles. The van der Waals surface area contributed by atoms with E-state index >= 15 is 0 Å². The van der Waals surface area contributed by atoms with Crippen molar-refractivity contribution in [2.75, 3.05) is 0 Å². The van der Waals surface area contributed by atoms with Gasteiger partial charge in [0.05, 0.1) is 0 Å². The smallest absolute Gasteiger partial charge is 0.349 e. The first kappa shape index (κ1) is 11.2. The molecule has 5 nitrogen and oxygen atoms in total. The van der Waals surface area contributed by atoms with Gasteiger partial charge in [-0.05, 0) is 0 Å². The second kappa shape index (κ2) is 4.93. The Hall–Kier alpha value is -1.83. The maximum absolute atomic E-state index is 10.5. The monoisotopic (exact) mass is 183 g/mol. The predicted molar refractivity (Wildman–Crippen MR) is 42.3 cm³/mol. The van der Waals surface area contributed by atoms with Crippen LogP contribution in [0.15, 0.2) is 11.3 Å². The van der Waals surface area contributed by atoms with E-state index in [-0.39, 0.29) is 12.2 Å². The fraction of sp³-hybridized carbons (Fsp3) is 0.375. The van der Waals surface area contributed by atoms with E-state index in [2.05, 4.69) is 4.74 Å². The van der Waals surface area contributed by atoms with Crippen LogP contribution in [0.5, 0.6) is 0 Å². The van der Waals surface area contributed by atoms with Gasteiger partial charge in [-0.2, -0.15) is 5.26 Å². The Morgan fingerprint density at radius 2 is 2.08 bits per heavy atom. The first-order valence-corrected chi connectivity index (χ1v) is 3.57. The topological polar surface area (TPSA) is 87.4 Å². The zero-order valence-electron chi connectivity index (χ0n) is 7.33. The van der Waals surface area contributed by atoms with Gasteiger partial charge in [-0.15, -0.1) is 0 Å². The Bertz CT molecular complexity index is 298. The fourth-order valence-electron chi connectivity index (χ4n) is 0.703. The molecule has 0 fully saturated rings. The van der Waals surface area contributed by atoms with Crippen LogP contribution in [0.2, 0.25) is 0 Å². The molecule has 5 heteroatoms. The summed E-state index contributed by atoms with van der Waals surface area (Å²) >= 11 is 0. The van der Waals surface area contributed by atoms with Crippen LogP contribution in [-0.4, -0.2) is 17.0 Å². The lowest BCUT2D eigenvalue weighted by atomic mass is 10.2. The van der Waals surface area contributed by atoms with Crippen LogP contribution in [0.1, 0.15) is 20.3 Å². The van der Waals surface area contributed by atoms with Crippen LogP contribution in [0, 0.1) is 11.3 Å². The SMILES string of the molecule is CC/C(OC(C)=O)=C(\C#N)C(=O)O. The van der Waals surface area contributed by atoms with E-state index in [1.165, 1.54) is 6.07 Å². The number of aliphatic carboxylic acids is 1. The summed E-state index contributed by atoms with van der Waals surface area (Å²) < 4.78 is 4.55. The molecule has 0 rings (SSSR count). The summed E-state index contributed by atoms with van der Waals surface area (Å²) in [5.41, 5.74) is -0.530. The minimum atomic E-state index is -1.39. The van der Waals surface area contributed by atoms with Crippen molar-refractivity contribution in [1.82, 2.24) is 0 Å². The van der Waals surface area contributed by atoms with Crippen LogP contribution in [0.25, 0.3) is 0 Å². The summed E-state index contributed by atoms with van der Waals surface area (Å²) in [5.74, 6) is -2.13. The minimum Gasteiger partial charge on any atom is -0.477 e. The second-order valence-electron chi connectivity index (χ2n) is 2.16. The second-order valence-corrected chi connectivity index (χ2v) is 2.16. The maximum atomic E-state index is 10.5. The number of allylic oxidation sites excluding steroid dienone is 1. The number of esters is 1. The number of hydrogen-bond donors (Lipinski definition) is 1. The van der Waals surface area contributed by atoms with E-state index in [4.69, 9.17) is 10.4 Å². The van der Waals surface area contributed by atoms with E-state index < -0.39 is 17.5 Å². The van der Waals surface area contributed by atoms with Gasteiger partial charge in [0.25, 0.3) is 0 Å². The van der Waals surface area contributed by atoms with Crippen LogP contribution >= 0.6 is 0 Å². The minimum absolute atomic E-state index is 0.109. The number of hydrogen-bond acceptors (Lipinski definition) is 4. The molecule has 0 saturated carbocycles. The number of ether oxygens (including phenoxy) is 1. The van der Waals surface area contributed by atoms with Crippen molar-refractivity contribution in [3.63, 3.8) is 0 Å². The molecule has 0 aromatic heterocycles. The van der Waals surface area contributed by atoms with Gasteiger partial charge in [0.2, 0.25) is 0 Å². The highest BCUT2D eigenvalue weighted by atomic mass is 16.5. The van der Waals surface area contributed by atoms with Gasteiger partial charge in [0.1, 0.15) is 11.8 Å². The first-order valence-electron chi connectivity index (χ1n) is 3.57. The van der Waals surface area contributed by atoms with Gasteiger partial charge in [0, 0.05) is 13.3 Å². The highest BCUT2D eigenvalue weighted by molar-refractivity contribution is 5.92. The largest absolute Gasteiger partial charge is 0.477 e. The van der Waals surface area contributed by atoms with Gasteiger partial charge in [-0.25, -0.2) is 4.79 Å². The van der Waals surface area contributed by atoms with E-state index in [0.717, 1.165) is 6.92 Å². The molecule has 0 aromatic carbocycles. The lowest BCUT2D eigenvalue weighted by Gasteiger charge is -2.03. The number of rotatable bonds is 3. The fourth-order valence-corrected chi connectivity index (χ4v) is 0.703. The molecular formula is C8H9NO4. The third-order valence-corrected chi connectivity index (χ3v) is 1.19. The van der Waals surface area contributed by atoms with E-state index in [1.54, 1.807) is 6.92 Å². The van der Waals surface area contributed by atoms with Gasteiger partial charge in [-0.1, -0.05) is 6.92 Å². The van der Waals surface area contributed by atoms with Crippen molar-refractivity contribution < 1.29 is 19.4 Å². The van der Waals surface area contributed by atoms with Gasteiger partial charge < -0.3 is 9.84 Å². The van der Waals surface area contributed by atoms with E-state index in [1.807, 2.05) is 0 Å². The number of carbonyl (C=O) groups is 2. The highest BCUT2D eigenvalue weighted by Crippen LogP contribution is 2.10. The molecule has 13 heavy (non-hydrogen) atoms. The molecule has 0 spiro atoms. The predicted octanol–water partition coefficient (Wildman–Crippen LogP) is 0.822. The molecule has 0 unspecified atom stereocenters. The third-order valence-electron chi connectivity index (χ3n) is 1.19. The Balaban J connectivity index is 4.97. The average Bonchev–Trinajstić information content (AvgIpc) is 2.02. The van der Waals surface area contributed by atoms with Crippen molar-refractivity contribution >= 4 is 11.9 Å². The summed E-state index contributed by atoms with van der Waals surface area (Å²) in [6.45, 7) is 2.74. The standard InChI is InChI=1S/C8H9NO4/c1-3-7(13-5(2)10)6(4-9)8(11)12/h3H2,1-2H3,(H,11,12)/b7-6-. The Morgan fingerprint density at radius 1 is 1.54 bits per heavy atom. The molecule has 70 valence electrons. The lowest BCUT2D eigenvalue weighted by Crippen LogP contribution is -2.07. The van der Waals surface area contributed by atoms with Crippen molar-refractivity contribution in [2.45, 2.75) is 20.3 Å². The summed E-state index contributed by atoms with van der Waals surface area (Å²) in [6.07, 6.45) is 0.189. The van der Waals surface area contributed by atoms with Gasteiger partial charge in [0.15, 0.2) is 5.57 Å². The molecule has 0 heterocycles. The molecule has 0 aliphatic carbocycles. The third kappa shape index (κ3) is 3.38. The summed E-state index contributed by atoms with van der Waals surface area (Å²) in [7, 11) is 0. The number of carbonyl (C=O) groups excluding carboxylic acids is 1. The van der Waals surface area contributed by atoms with Crippen LogP contribution < -0.4 is 0 Å². The molecule has 0 radical (unpaired) electrons. The lowest BCUT2D eigenvalue weighted by molar-refractivity contribution is -0.137. The zero-order valence-corrected chi connectivity index (χ0v) is 7.33. The number of nitrogens with zero attached hydrogens (tertiary/aromatic N) is 1. The average molecular weight is 183 g/mol. The summed E-state index contributed by atoms with van der Waals surface area (Å²) in [4.78, 5) is 20.9. The molecular weight excluding hydrogens is 174 g/mol. The number of nitriles is 1. The van der Waals surface area contributed by atoms with Crippen molar-refractivity contribution in [1.29, 1.82) is 5.26 Å². The van der Waals surface area contributed by atoms with Crippen molar-refractivity contribution in [2.24, 2.45) is 0 Å². The van der Waals surface area contributed by atoms with Crippen molar-refractivity contribution in [3.8, 4) is 6.07 Å². The summed E-state index contributed by atoms with van der Waals surface area (Å²) in [6, 6.07) is 1.46. The van der Waals surface area contributed by atoms with Crippen LogP contribution in [-0.2, 0) is 14.3 Å².